The minimum Gasteiger partial charge on any atom is -0.506 e. The molecule has 1 atom stereocenters. The number of hydrogen-bond donors (Lipinski definition) is 1. The van der Waals surface area contributed by atoms with Crippen molar-refractivity contribution in [3.05, 3.63) is 227 Å². The minimum atomic E-state index is -3.37. The highest BCUT2D eigenvalue weighted by Gasteiger charge is 2.45. The van der Waals surface area contributed by atoms with Crippen molar-refractivity contribution in [1.82, 2.24) is 9.97 Å². The van der Waals surface area contributed by atoms with Crippen molar-refractivity contribution < 1.29 is 5.11 Å². The molecule has 1 N–H and O–H groups in total. The first-order chi connectivity index (χ1) is 38.6. The van der Waals surface area contributed by atoms with E-state index < -0.39 is 8.07 Å². The van der Waals surface area contributed by atoms with Crippen LogP contribution in [0.25, 0.3) is 33.3 Å². The van der Waals surface area contributed by atoms with Gasteiger partial charge >= 0.3 is 0 Å². The van der Waals surface area contributed by atoms with Crippen LogP contribution in [0.2, 0.25) is 0 Å². The molecule has 1 aliphatic heterocycles. The van der Waals surface area contributed by atoms with E-state index in [2.05, 4.69) is 278 Å². The highest BCUT2D eigenvalue weighted by molar-refractivity contribution is 7.20. The summed E-state index contributed by atoms with van der Waals surface area (Å²) in [5.74, 6) is 2.05. The van der Waals surface area contributed by atoms with E-state index in [4.69, 9.17) is 9.97 Å². The van der Waals surface area contributed by atoms with Gasteiger partial charge in [-0.1, -0.05) is 236 Å². The standard InChI is InChI=1S/C76H83N3OSi/c1-48(2)53-41-59(49(3)4)70(60(42-53)50(5)6)62-47-68(81(56-29-21-16-22-30-56,57-31-23-17-24-32-57)58-33-25-18-26-34-58)73(80)72-71(62)61(51-27-19-15-20-28-51)46-65(78-72)52-35-37-63-67(43-52)79(69-45-55(39-40-77-69)75(10,11)12)66-38-36-54(74(7,8)9)44-64(66)76(63,13)14/h16-19,21-27,29-51,80H,15,20,28H2,1-14H3/t51-/m0/s1. The quantitative estimate of drug-likeness (QED) is 0.0797. The summed E-state index contributed by atoms with van der Waals surface area (Å²) in [4.78, 5) is 13.6. The molecule has 5 heteroatoms. The van der Waals surface area contributed by atoms with Crippen molar-refractivity contribution in [2.75, 3.05) is 4.90 Å². The van der Waals surface area contributed by atoms with Gasteiger partial charge in [0.1, 0.15) is 17.1 Å². The number of fused-ring (bicyclic) bond motifs is 3. The average Bonchev–Trinajstić information content (AvgIpc) is 2.93. The Morgan fingerprint density at radius 1 is 0.605 bits per heavy atom. The fraction of sp³-hybridized carbons (Fsp3) is 0.316. The third-order valence-electron chi connectivity index (χ3n) is 18.0. The number of phenols is 1. The van der Waals surface area contributed by atoms with Gasteiger partial charge in [0.15, 0.2) is 8.07 Å². The topological polar surface area (TPSA) is 49.3 Å². The Labute approximate surface area is 485 Å². The van der Waals surface area contributed by atoms with Crippen LogP contribution in [-0.4, -0.2) is 23.1 Å². The molecule has 9 aromatic rings. The molecule has 0 bridgehead atoms. The molecule has 3 heterocycles. The van der Waals surface area contributed by atoms with E-state index in [1.54, 1.807) is 0 Å². The summed E-state index contributed by atoms with van der Waals surface area (Å²) in [7, 11) is -3.37. The molecular formula is C76H83N3OSi. The maximum Gasteiger partial charge on any atom is 0.184 e. The predicted octanol–water partition coefficient (Wildman–Crippen LogP) is 17.9. The van der Waals surface area contributed by atoms with E-state index in [-0.39, 0.29) is 39.7 Å². The Hall–Kier alpha value is -7.34. The molecule has 0 spiro atoms. The summed E-state index contributed by atoms with van der Waals surface area (Å²) in [5, 5.41) is 19.8. The summed E-state index contributed by atoms with van der Waals surface area (Å²) in [5.41, 5.74) is 17.0. The van der Waals surface area contributed by atoms with Crippen LogP contribution in [0.15, 0.2) is 182 Å². The lowest BCUT2D eigenvalue weighted by Gasteiger charge is -2.42. The second-order valence-electron chi connectivity index (χ2n) is 26.8. The number of pyridine rings is 2. The molecular weight excluding hydrogens is 999 g/mol. The zero-order chi connectivity index (χ0) is 57.3. The number of hydrogen-bond acceptors (Lipinski definition) is 4. The summed E-state index contributed by atoms with van der Waals surface area (Å²) < 4.78 is 0. The SMILES string of the molecule is CC(C)c1cc(C(C)C)c(-c2cc([Si](c3ccccc3)(c3ccccc3)c3ccccc3)c(O)c3nc(-c4ccc5c(c4)N(c4cc(C(C)(C)C)ccn4)c4ccc(C(C)(C)C)cc4C5(C)C)cc([C@H]4C=CCCC4)c23)c(C(C)C)c1. The van der Waals surface area contributed by atoms with Crippen LogP contribution in [-0.2, 0) is 16.2 Å². The Kier molecular flexibility index (Phi) is 14.5. The first kappa shape index (κ1) is 55.6. The van der Waals surface area contributed by atoms with Crippen LogP contribution in [0.3, 0.4) is 0 Å². The monoisotopic (exact) mass is 1080 g/mol. The zero-order valence-corrected chi connectivity index (χ0v) is 51.5. The summed E-state index contributed by atoms with van der Waals surface area (Å²) >= 11 is 0. The lowest BCUT2D eigenvalue weighted by atomic mass is 9.71. The number of rotatable bonds is 11. The van der Waals surface area contributed by atoms with Crippen molar-refractivity contribution >= 4 is 56.9 Å². The van der Waals surface area contributed by atoms with Gasteiger partial charge < -0.3 is 5.11 Å². The van der Waals surface area contributed by atoms with Crippen molar-refractivity contribution in [2.24, 2.45) is 0 Å². The molecule has 0 saturated heterocycles. The van der Waals surface area contributed by atoms with Crippen LogP contribution < -0.4 is 25.6 Å². The van der Waals surface area contributed by atoms with Gasteiger partial charge in [0.2, 0.25) is 0 Å². The molecule has 0 unspecified atom stereocenters. The van der Waals surface area contributed by atoms with E-state index in [1.807, 2.05) is 6.20 Å². The second kappa shape index (κ2) is 21.2. The maximum atomic E-state index is 14.2. The Bertz CT molecular complexity index is 3710. The average molecular weight is 1080 g/mol. The van der Waals surface area contributed by atoms with Crippen molar-refractivity contribution in [3.8, 4) is 28.1 Å². The lowest BCUT2D eigenvalue weighted by Crippen LogP contribution is -2.74. The fourth-order valence-electron chi connectivity index (χ4n) is 13.4. The van der Waals surface area contributed by atoms with Gasteiger partial charge in [0.05, 0.1) is 17.1 Å². The molecule has 1 aliphatic carbocycles. The van der Waals surface area contributed by atoms with Gasteiger partial charge in [0.25, 0.3) is 0 Å². The number of aromatic hydroxyl groups is 1. The Morgan fingerprint density at radius 2 is 1.19 bits per heavy atom. The third-order valence-corrected chi connectivity index (χ3v) is 22.8. The number of benzene rings is 7. The second-order valence-corrected chi connectivity index (χ2v) is 30.6. The number of anilines is 3. The lowest BCUT2D eigenvalue weighted by molar-refractivity contribution is 0.484. The van der Waals surface area contributed by atoms with E-state index >= 15 is 0 Å². The number of allylic oxidation sites excluding steroid dienone is 2. The van der Waals surface area contributed by atoms with E-state index in [1.165, 1.54) is 65.6 Å². The van der Waals surface area contributed by atoms with Crippen molar-refractivity contribution in [2.45, 2.75) is 156 Å². The minimum absolute atomic E-state index is 0.0293. The highest BCUT2D eigenvalue weighted by atomic mass is 28.3. The van der Waals surface area contributed by atoms with Crippen LogP contribution in [0.4, 0.5) is 17.2 Å². The molecule has 0 amide bonds. The number of phenolic OH excluding ortho intramolecular Hbond substituents is 1. The van der Waals surface area contributed by atoms with Crippen LogP contribution >= 0.6 is 0 Å². The molecule has 412 valence electrons. The molecule has 0 saturated carbocycles. The molecule has 0 fully saturated rings. The molecule has 81 heavy (non-hydrogen) atoms. The first-order valence-corrected chi connectivity index (χ1v) is 31.9. The fourth-order valence-corrected chi connectivity index (χ4v) is 18.2. The van der Waals surface area contributed by atoms with Crippen LogP contribution in [0, 0.1) is 0 Å². The summed E-state index contributed by atoms with van der Waals surface area (Å²) in [6.45, 7) is 32.5. The van der Waals surface area contributed by atoms with Crippen molar-refractivity contribution in [1.29, 1.82) is 0 Å². The van der Waals surface area contributed by atoms with Crippen LogP contribution in [0.1, 0.15) is 184 Å². The van der Waals surface area contributed by atoms with Gasteiger partial charge in [-0.2, -0.15) is 0 Å². The Morgan fingerprint density at radius 3 is 1.72 bits per heavy atom. The number of aromatic nitrogens is 2. The normalized spacial score (nSPS) is 15.4. The third kappa shape index (κ3) is 9.77. The van der Waals surface area contributed by atoms with Gasteiger partial charge in [-0.25, -0.2) is 9.97 Å². The molecule has 7 aromatic carbocycles. The van der Waals surface area contributed by atoms with Gasteiger partial charge in [-0.15, -0.1) is 0 Å². The van der Waals surface area contributed by atoms with Gasteiger partial charge in [-0.05, 0) is 161 Å². The highest BCUT2D eigenvalue weighted by Crippen LogP contribution is 2.54. The molecule has 2 aromatic heterocycles. The molecule has 0 radical (unpaired) electrons. The maximum absolute atomic E-state index is 14.2. The first-order valence-electron chi connectivity index (χ1n) is 29.9. The summed E-state index contributed by atoms with van der Waals surface area (Å²) in [6, 6.07) is 61.5. The molecule has 11 rings (SSSR count). The van der Waals surface area contributed by atoms with E-state index in [0.717, 1.165) is 63.8 Å². The predicted molar refractivity (Wildman–Crippen MR) is 348 cm³/mol. The number of nitrogens with zero attached hydrogens (tertiary/aromatic N) is 3. The van der Waals surface area contributed by atoms with Crippen molar-refractivity contribution in [3.63, 3.8) is 0 Å². The van der Waals surface area contributed by atoms with Gasteiger partial charge in [-0.3, -0.25) is 4.90 Å². The van der Waals surface area contributed by atoms with E-state index in [9.17, 15) is 5.11 Å². The summed E-state index contributed by atoms with van der Waals surface area (Å²) in [6.07, 6.45) is 9.94. The van der Waals surface area contributed by atoms with Crippen LogP contribution in [0.5, 0.6) is 5.75 Å². The smallest absolute Gasteiger partial charge is 0.184 e. The largest absolute Gasteiger partial charge is 0.506 e. The molecule has 2 aliphatic rings. The zero-order valence-electron chi connectivity index (χ0n) is 50.5. The van der Waals surface area contributed by atoms with E-state index in [0.29, 0.717) is 11.4 Å². The van der Waals surface area contributed by atoms with Gasteiger partial charge in [0, 0.05) is 28.5 Å². The molecule has 4 nitrogen and oxygen atoms in total. The Balaban J connectivity index is 1.30.